The van der Waals surface area contributed by atoms with E-state index in [1.807, 2.05) is 0 Å². The highest BCUT2D eigenvalue weighted by Crippen LogP contribution is 2.08. The monoisotopic (exact) mass is 247 g/mol. The van der Waals surface area contributed by atoms with Gasteiger partial charge in [0.1, 0.15) is 0 Å². The Balaban J connectivity index is 3.38. The Morgan fingerprint density at radius 3 is 2.38 bits per heavy atom. The summed E-state index contributed by atoms with van der Waals surface area (Å²) >= 11 is 6.05. The van der Waals surface area contributed by atoms with Crippen LogP contribution in [0.1, 0.15) is 59.3 Å². The molecule has 0 fully saturated rings. The lowest BCUT2D eigenvalue weighted by Gasteiger charge is -2.13. The van der Waals surface area contributed by atoms with E-state index in [1.165, 1.54) is 19.3 Å². The number of unbranched alkanes of at least 4 members (excludes halogenated alkanes) is 4. The molecule has 1 N–H and O–H groups in total. The van der Waals surface area contributed by atoms with E-state index in [0.29, 0.717) is 18.9 Å². The standard InChI is InChI=1S/C13H26ClNO/c1-4-5-6-7-8-9-13(16)15-10-12(14)11(2)3/h11-12H,4-10H2,1-3H3,(H,15,16). The molecule has 0 rings (SSSR count). The van der Waals surface area contributed by atoms with Gasteiger partial charge in [0.2, 0.25) is 5.91 Å². The fraction of sp³-hybridized carbons (Fsp3) is 0.923. The first-order valence-electron chi connectivity index (χ1n) is 6.48. The van der Waals surface area contributed by atoms with Crippen LogP contribution < -0.4 is 5.32 Å². The molecule has 0 saturated carbocycles. The van der Waals surface area contributed by atoms with Crippen LogP contribution in [0.25, 0.3) is 0 Å². The summed E-state index contributed by atoms with van der Waals surface area (Å²) < 4.78 is 0. The molecule has 0 bridgehead atoms. The fourth-order valence-corrected chi connectivity index (χ4v) is 1.50. The minimum atomic E-state index is 0.0454. The normalized spacial score (nSPS) is 12.8. The summed E-state index contributed by atoms with van der Waals surface area (Å²) in [7, 11) is 0. The van der Waals surface area contributed by atoms with Crippen molar-refractivity contribution in [1.82, 2.24) is 5.32 Å². The van der Waals surface area contributed by atoms with Crippen LogP contribution in [0.4, 0.5) is 0 Å². The second-order valence-electron chi connectivity index (χ2n) is 4.73. The van der Waals surface area contributed by atoms with Crippen molar-refractivity contribution in [1.29, 1.82) is 0 Å². The Bertz CT molecular complexity index is 183. The van der Waals surface area contributed by atoms with E-state index in [1.54, 1.807) is 0 Å². The largest absolute Gasteiger partial charge is 0.355 e. The van der Waals surface area contributed by atoms with Gasteiger partial charge in [0.05, 0.1) is 5.38 Å². The van der Waals surface area contributed by atoms with Crippen molar-refractivity contribution in [3.63, 3.8) is 0 Å². The van der Waals surface area contributed by atoms with Crippen LogP contribution in [0.2, 0.25) is 0 Å². The molecule has 16 heavy (non-hydrogen) atoms. The first kappa shape index (κ1) is 15.8. The highest BCUT2D eigenvalue weighted by molar-refractivity contribution is 6.21. The molecule has 3 heteroatoms. The van der Waals surface area contributed by atoms with E-state index in [0.717, 1.165) is 12.8 Å². The zero-order valence-electron chi connectivity index (χ0n) is 10.9. The minimum absolute atomic E-state index is 0.0454. The number of halogens is 1. The Kier molecular flexibility index (Phi) is 9.80. The molecule has 0 spiro atoms. The number of nitrogens with one attached hydrogen (secondary N) is 1. The molecule has 0 aromatic carbocycles. The maximum atomic E-state index is 11.4. The maximum Gasteiger partial charge on any atom is 0.220 e. The molecular weight excluding hydrogens is 222 g/mol. The zero-order valence-corrected chi connectivity index (χ0v) is 11.6. The van der Waals surface area contributed by atoms with Crippen molar-refractivity contribution in [2.45, 2.75) is 64.7 Å². The van der Waals surface area contributed by atoms with Gasteiger partial charge >= 0.3 is 0 Å². The van der Waals surface area contributed by atoms with Gasteiger partial charge in [0, 0.05) is 13.0 Å². The number of hydrogen-bond acceptors (Lipinski definition) is 1. The zero-order chi connectivity index (χ0) is 12.4. The summed E-state index contributed by atoms with van der Waals surface area (Å²) in [5, 5.41) is 2.93. The predicted molar refractivity (Wildman–Crippen MR) is 70.9 cm³/mol. The molecule has 96 valence electrons. The molecule has 0 radical (unpaired) electrons. The van der Waals surface area contributed by atoms with E-state index in [4.69, 9.17) is 11.6 Å². The van der Waals surface area contributed by atoms with Gasteiger partial charge in [-0.25, -0.2) is 0 Å². The number of carbonyl (C=O) groups excluding carboxylic acids is 1. The second kappa shape index (κ2) is 9.95. The van der Waals surface area contributed by atoms with Crippen molar-refractivity contribution in [2.24, 2.45) is 5.92 Å². The SMILES string of the molecule is CCCCCCCC(=O)NCC(Cl)C(C)C. The smallest absolute Gasteiger partial charge is 0.220 e. The molecule has 1 amide bonds. The molecule has 0 aliphatic rings. The topological polar surface area (TPSA) is 29.1 Å². The van der Waals surface area contributed by atoms with Gasteiger partial charge in [0.15, 0.2) is 0 Å². The van der Waals surface area contributed by atoms with Gasteiger partial charge in [0.25, 0.3) is 0 Å². The van der Waals surface area contributed by atoms with E-state index in [2.05, 4.69) is 26.1 Å². The number of alkyl halides is 1. The molecule has 0 aliphatic heterocycles. The average Bonchev–Trinajstić information content (AvgIpc) is 2.25. The van der Waals surface area contributed by atoms with Crippen molar-refractivity contribution in [3.05, 3.63) is 0 Å². The Labute approximate surface area is 105 Å². The third kappa shape index (κ3) is 9.02. The molecule has 1 unspecified atom stereocenters. The lowest BCUT2D eigenvalue weighted by Crippen LogP contribution is -2.31. The van der Waals surface area contributed by atoms with Crippen LogP contribution >= 0.6 is 11.6 Å². The van der Waals surface area contributed by atoms with E-state index in [9.17, 15) is 4.79 Å². The Hall–Kier alpha value is -0.240. The molecule has 0 aromatic heterocycles. The molecular formula is C13H26ClNO. The first-order valence-corrected chi connectivity index (χ1v) is 6.92. The van der Waals surface area contributed by atoms with Crippen LogP contribution in [-0.2, 0) is 4.79 Å². The van der Waals surface area contributed by atoms with Crippen molar-refractivity contribution >= 4 is 17.5 Å². The third-order valence-corrected chi connectivity index (χ3v) is 3.38. The lowest BCUT2D eigenvalue weighted by atomic mass is 10.1. The summed E-state index contributed by atoms with van der Waals surface area (Å²) in [4.78, 5) is 11.4. The van der Waals surface area contributed by atoms with Crippen molar-refractivity contribution < 1.29 is 4.79 Å². The van der Waals surface area contributed by atoms with Gasteiger partial charge < -0.3 is 5.32 Å². The Morgan fingerprint density at radius 2 is 1.81 bits per heavy atom. The van der Waals surface area contributed by atoms with Crippen LogP contribution in [-0.4, -0.2) is 17.8 Å². The highest BCUT2D eigenvalue weighted by Gasteiger charge is 2.10. The van der Waals surface area contributed by atoms with Gasteiger partial charge in [-0.1, -0.05) is 46.5 Å². The molecule has 2 nitrogen and oxygen atoms in total. The van der Waals surface area contributed by atoms with Crippen LogP contribution in [0.3, 0.4) is 0 Å². The lowest BCUT2D eigenvalue weighted by molar-refractivity contribution is -0.121. The number of carbonyl (C=O) groups is 1. The quantitative estimate of drug-likeness (QED) is 0.488. The second-order valence-corrected chi connectivity index (χ2v) is 5.29. The average molecular weight is 248 g/mol. The van der Waals surface area contributed by atoms with Crippen molar-refractivity contribution in [2.75, 3.05) is 6.54 Å². The van der Waals surface area contributed by atoms with E-state index in [-0.39, 0.29) is 11.3 Å². The number of hydrogen-bond donors (Lipinski definition) is 1. The van der Waals surface area contributed by atoms with Crippen LogP contribution in [0.5, 0.6) is 0 Å². The fourth-order valence-electron chi connectivity index (χ4n) is 1.42. The van der Waals surface area contributed by atoms with Crippen molar-refractivity contribution in [3.8, 4) is 0 Å². The summed E-state index contributed by atoms with van der Waals surface area (Å²) in [5.41, 5.74) is 0. The minimum Gasteiger partial charge on any atom is -0.355 e. The summed E-state index contributed by atoms with van der Waals surface area (Å²) in [6.07, 6.45) is 6.57. The maximum absolute atomic E-state index is 11.4. The molecule has 0 aromatic rings. The molecule has 0 saturated heterocycles. The molecule has 0 heterocycles. The summed E-state index contributed by atoms with van der Waals surface area (Å²) in [6, 6.07) is 0. The van der Waals surface area contributed by atoms with E-state index < -0.39 is 0 Å². The van der Waals surface area contributed by atoms with Gasteiger partial charge in [-0.05, 0) is 12.3 Å². The molecule has 1 atom stereocenters. The molecule has 0 aliphatic carbocycles. The van der Waals surface area contributed by atoms with Gasteiger partial charge in [-0.3, -0.25) is 4.79 Å². The van der Waals surface area contributed by atoms with Crippen LogP contribution in [0.15, 0.2) is 0 Å². The summed E-state index contributed by atoms with van der Waals surface area (Å²) in [6.45, 7) is 6.91. The highest BCUT2D eigenvalue weighted by atomic mass is 35.5. The number of rotatable bonds is 9. The van der Waals surface area contributed by atoms with Crippen LogP contribution in [0, 0.1) is 5.92 Å². The van der Waals surface area contributed by atoms with Gasteiger partial charge in [-0.15, -0.1) is 11.6 Å². The summed E-state index contributed by atoms with van der Waals surface area (Å²) in [5.74, 6) is 0.550. The third-order valence-electron chi connectivity index (χ3n) is 2.73. The van der Waals surface area contributed by atoms with E-state index >= 15 is 0 Å². The number of amides is 1. The van der Waals surface area contributed by atoms with Gasteiger partial charge in [-0.2, -0.15) is 0 Å². The Morgan fingerprint density at radius 1 is 1.19 bits per heavy atom. The predicted octanol–water partition coefficient (Wildman–Crippen LogP) is 3.73. The first-order chi connectivity index (χ1) is 7.57.